The topological polar surface area (TPSA) is 49.7 Å². The normalized spacial score (nSPS) is 34.6. The molecule has 0 aromatic rings. The van der Waals surface area contributed by atoms with Gasteiger partial charge in [-0.2, -0.15) is 0 Å². The fourth-order valence-corrected chi connectivity index (χ4v) is 0.711. The lowest BCUT2D eigenvalue weighted by atomic mass is 10.0. The predicted octanol–water partition coefficient (Wildman–Crippen LogP) is -0.686. The van der Waals surface area contributed by atoms with Crippen molar-refractivity contribution in [3.05, 3.63) is 11.8 Å². The molecule has 2 N–H and O–H groups in total. The molecule has 0 aliphatic carbocycles. The summed E-state index contributed by atoms with van der Waals surface area (Å²) in [5, 5.41) is 17.3. The van der Waals surface area contributed by atoms with E-state index in [2.05, 4.69) is 0 Å². The van der Waals surface area contributed by atoms with Crippen LogP contribution in [0, 0.1) is 0 Å². The summed E-state index contributed by atoms with van der Waals surface area (Å²) in [6.45, 7) is -0.226. The lowest BCUT2D eigenvalue weighted by Crippen LogP contribution is -2.18. The van der Waals surface area contributed by atoms with Gasteiger partial charge in [0.1, 0.15) is 19.7 Å². The molecule has 0 aromatic carbocycles. The van der Waals surface area contributed by atoms with Crippen molar-refractivity contribution >= 4 is 7.85 Å². The van der Waals surface area contributed by atoms with Crippen molar-refractivity contribution in [1.82, 2.24) is 0 Å². The van der Waals surface area contributed by atoms with Crippen LogP contribution in [0.5, 0.6) is 0 Å². The van der Waals surface area contributed by atoms with Crippen molar-refractivity contribution in [3.63, 3.8) is 0 Å². The number of aliphatic hydroxyl groups excluding tert-OH is 2. The quantitative estimate of drug-likeness (QED) is 0.457. The van der Waals surface area contributed by atoms with Gasteiger partial charge >= 0.3 is 0 Å². The third-order valence-corrected chi connectivity index (χ3v) is 1.15. The second kappa shape index (κ2) is 2.41. The van der Waals surface area contributed by atoms with Gasteiger partial charge in [0, 0.05) is 6.00 Å². The molecule has 2 radical (unpaired) electrons. The predicted molar refractivity (Wildman–Crippen MR) is 32.2 cm³/mol. The maximum atomic E-state index is 8.86. The van der Waals surface area contributed by atoms with Gasteiger partial charge in [0.2, 0.25) is 0 Å². The van der Waals surface area contributed by atoms with E-state index < -0.39 is 12.1 Å². The minimum atomic E-state index is -0.611. The summed E-state index contributed by atoms with van der Waals surface area (Å²) in [6, 6.07) is -0.567. The zero-order valence-electron chi connectivity index (χ0n) is 4.82. The number of ether oxygens (including phenoxy) is 1. The summed E-state index contributed by atoms with van der Waals surface area (Å²) in [4.78, 5) is 0. The van der Waals surface area contributed by atoms with E-state index in [9.17, 15) is 0 Å². The Labute approximate surface area is 54.4 Å². The first-order valence-corrected chi connectivity index (χ1v) is 2.66. The van der Waals surface area contributed by atoms with Crippen LogP contribution >= 0.6 is 0 Å². The standard InChI is InChI=1S/C5H7BO3/c6-5-1-3(8)4(2-7)9-5/h1,4-5,7-8H,2H2/t4-,5-/m1/s1. The van der Waals surface area contributed by atoms with Crippen molar-refractivity contribution in [3.8, 4) is 0 Å². The molecule has 48 valence electrons. The molecular formula is C5H7BO3. The van der Waals surface area contributed by atoms with Gasteiger partial charge in [0.15, 0.2) is 0 Å². The van der Waals surface area contributed by atoms with Gasteiger partial charge < -0.3 is 14.9 Å². The Bertz CT molecular complexity index is 134. The summed E-state index contributed by atoms with van der Waals surface area (Å²) in [7, 11) is 5.22. The Kier molecular flexibility index (Phi) is 1.78. The molecule has 0 saturated carbocycles. The van der Waals surface area contributed by atoms with E-state index in [1.807, 2.05) is 0 Å². The Morgan fingerprint density at radius 1 is 1.78 bits per heavy atom. The molecule has 0 aromatic heterocycles. The van der Waals surface area contributed by atoms with Gasteiger partial charge in [-0.15, -0.1) is 0 Å². The zero-order valence-corrected chi connectivity index (χ0v) is 4.82. The average molecular weight is 126 g/mol. The summed E-state index contributed by atoms with van der Waals surface area (Å²) in [6.07, 6.45) is 0.751. The second-order valence-electron chi connectivity index (χ2n) is 1.86. The average Bonchev–Trinajstić information content (AvgIpc) is 2.10. The van der Waals surface area contributed by atoms with Gasteiger partial charge in [0.25, 0.3) is 0 Å². The van der Waals surface area contributed by atoms with Crippen molar-refractivity contribution in [1.29, 1.82) is 0 Å². The van der Waals surface area contributed by atoms with Crippen LogP contribution in [0.1, 0.15) is 0 Å². The first-order valence-electron chi connectivity index (χ1n) is 2.66. The number of aliphatic hydroxyl groups is 2. The van der Waals surface area contributed by atoms with E-state index in [0.717, 1.165) is 0 Å². The highest BCUT2D eigenvalue weighted by Gasteiger charge is 2.22. The van der Waals surface area contributed by atoms with Crippen LogP contribution in [0.3, 0.4) is 0 Å². The smallest absolute Gasteiger partial charge is 0.137 e. The summed E-state index contributed by atoms with van der Waals surface area (Å²) in [5.41, 5.74) is 0. The molecule has 0 fully saturated rings. The van der Waals surface area contributed by atoms with E-state index >= 15 is 0 Å². The van der Waals surface area contributed by atoms with Gasteiger partial charge in [-0.25, -0.2) is 0 Å². The number of rotatable bonds is 1. The molecule has 3 nitrogen and oxygen atoms in total. The SMILES string of the molecule is [B][C@H]1C=C(O)[C@@H](CO)O1. The molecular weight excluding hydrogens is 119 g/mol. The molecule has 4 heteroatoms. The molecule has 1 heterocycles. The van der Waals surface area contributed by atoms with Crippen LogP contribution in [0.4, 0.5) is 0 Å². The maximum absolute atomic E-state index is 8.86. The maximum Gasteiger partial charge on any atom is 0.137 e. The summed E-state index contributed by atoms with van der Waals surface area (Å²) in [5.74, 6) is 0.0185. The third-order valence-electron chi connectivity index (χ3n) is 1.15. The number of hydrogen-bond acceptors (Lipinski definition) is 3. The minimum absolute atomic E-state index is 0.0185. The van der Waals surface area contributed by atoms with Gasteiger partial charge in [-0.1, -0.05) is 0 Å². The zero-order chi connectivity index (χ0) is 6.85. The van der Waals surface area contributed by atoms with E-state index in [-0.39, 0.29) is 12.4 Å². The Morgan fingerprint density at radius 2 is 2.44 bits per heavy atom. The highest BCUT2D eigenvalue weighted by molar-refractivity contribution is 6.12. The molecule has 2 atom stereocenters. The molecule has 0 unspecified atom stereocenters. The Hall–Kier alpha value is -0.475. The lowest BCUT2D eigenvalue weighted by Gasteiger charge is -2.07. The molecule has 1 rings (SSSR count). The minimum Gasteiger partial charge on any atom is -0.510 e. The van der Waals surface area contributed by atoms with E-state index in [1.165, 1.54) is 6.08 Å². The van der Waals surface area contributed by atoms with Crippen LogP contribution in [0.15, 0.2) is 11.8 Å². The number of hydrogen-bond donors (Lipinski definition) is 2. The Morgan fingerprint density at radius 3 is 2.67 bits per heavy atom. The highest BCUT2D eigenvalue weighted by atomic mass is 16.5. The molecule has 0 spiro atoms. The molecule has 1 aliphatic rings. The van der Waals surface area contributed by atoms with Crippen LogP contribution < -0.4 is 0 Å². The largest absolute Gasteiger partial charge is 0.510 e. The molecule has 0 amide bonds. The molecule has 0 saturated heterocycles. The van der Waals surface area contributed by atoms with Crippen LogP contribution in [-0.2, 0) is 4.74 Å². The van der Waals surface area contributed by atoms with Crippen LogP contribution in [0.25, 0.3) is 0 Å². The molecule has 0 bridgehead atoms. The first kappa shape index (κ1) is 6.64. The van der Waals surface area contributed by atoms with Crippen molar-refractivity contribution in [2.45, 2.75) is 12.1 Å². The highest BCUT2D eigenvalue weighted by Crippen LogP contribution is 2.14. The van der Waals surface area contributed by atoms with Crippen molar-refractivity contribution in [2.75, 3.05) is 6.61 Å². The Balaban J connectivity index is 2.53. The van der Waals surface area contributed by atoms with Crippen LogP contribution in [0.2, 0.25) is 0 Å². The third kappa shape index (κ3) is 1.26. The van der Waals surface area contributed by atoms with Gasteiger partial charge in [-0.3, -0.25) is 0 Å². The summed E-state index contributed by atoms with van der Waals surface area (Å²) < 4.78 is 4.81. The van der Waals surface area contributed by atoms with Crippen molar-refractivity contribution < 1.29 is 14.9 Å². The molecule has 1 aliphatic heterocycles. The summed E-state index contributed by atoms with van der Waals surface area (Å²) >= 11 is 0. The van der Waals surface area contributed by atoms with E-state index in [1.54, 1.807) is 0 Å². The van der Waals surface area contributed by atoms with Crippen molar-refractivity contribution in [2.24, 2.45) is 0 Å². The van der Waals surface area contributed by atoms with Gasteiger partial charge in [0.05, 0.1) is 6.61 Å². The monoisotopic (exact) mass is 126 g/mol. The lowest BCUT2D eigenvalue weighted by molar-refractivity contribution is 0.0342. The second-order valence-corrected chi connectivity index (χ2v) is 1.86. The van der Waals surface area contributed by atoms with E-state index in [0.29, 0.717) is 0 Å². The fraction of sp³-hybridized carbons (Fsp3) is 0.600. The van der Waals surface area contributed by atoms with E-state index in [4.69, 9.17) is 22.8 Å². The van der Waals surface area contributed by atoms with Gasteiger partial charge in [-0.05, 0) is 6.08 Å². The van der Waals surface area contributed by atoms with Crippen LogP contribution in [-0.4, -0.2) is 36.8 Å². The molecule has 9 heavy (non-hydrogen) atoms. The first-order chi connectivity index (χ1) is 4.24. The fourth-order valence-electron chi connectivity index (χ4n) is 0.711.